The van der Waals surface area contributed by atoms with Gasteiger partial charge in [-0.05, 0) is 75.0 Å². The molecule has 0 bridgehead atoms. The third-order valence-corrected chi connectivity index (χ3v) is 7.27. The van der Waals surface area contributed by atoms with Crippen molar-refractivity contribution in [2.45, 2.75) is 117 Å². The predicted molar refractivity (Wildman–Crippen MR) is 134 cm³/mol. The lowest BCUT2D eigenvalue weighted by Gasteiger charge is -2.29. The molecule has 0 aromatic rings. The van der Waals surface area contributed by atoms with Crippen LogP contribution in [0.1, 0.15) is 105 Å². The van der Waals surface area contributed by atoms with E-state index < -0.39 is 8.25 Å². The van der Waals surface area contributed by atoms with Gasteiger partial charge in [-0.15, -0.1) is 9.05 Å². The zero-order valence-corrected chi connectivity index (χ0v) is 23.1. The normalized spacial score (nSPS) is 22.6. The van der Waals surface area contributed by atoms with Gasteiger partial charge in [0, 0.05) is 17.8 Å². The van der Waals surface area contributed by atoms with Crippen molar-refractivity contribution in [3.63, 3.8) is 0 Å². The van der Waals surface area contributed by atoms with Gasteiger partial charge in [-0.1, -0.05) is 40.5 Å². The van der Waals surface area contributed by atoms with Gasteiger partial charge in [0.1, 0.15) is 13.2 Å². The van der Waals surface area contributed by atoms with Gasteiger partial charge in [-0.25, -0.2) is 0 Å². The fraction of sp³-hybridized carbons (Fsp3) is 1.00. The number of rotatable bonds is 18. The van der Waals surface area contributed by atoms with Crippen LogP contribution in [-0.2, 0) is 32.6 Å². The summed E-state index contributed by atoms with van der Waals surface area (Å²) in [6.07, 6.45) is 12.4. The highest BCUT2D eigenvalue weighted by molar-refractivity contribution is 7.33. The largest absolute Gasteiger partial charge is 0.697 e. The van der Waals surface area contributed by atoms with E-state index in [0.717, 1.165) is 77.4 Å². The van der Waals surface area contributed by atoms with Crippen molar-refractivity contribution < 1.29 is 32.6 Å². The van der Waals surface area contributed by atoms with E-state index in [4.69, 9.17) is 28.0 Å². The summed E-state index contributed by atoms with van der Waals surface area (Å²) in [5, 5.41) is 0. The zero-order valence-electron chi connectivity index (χ0n) is 22.2. The van der Waals surface area contributed by atoms with Gasteiger partial charge < -0.3 is 18.9 Å². The molecule has 0 aliphatic carbocycles. The quantitative estimate of drug-likeness (QED) is 0.145. The molecule has 0 spiro atoms. The van der Waals surface area contributed by atoms with Crippen molar-refractivity contribution in [1.82, 2.24) is 0 Å². The molecule has 2 rings (SSSR count). The second-order valence-electron chi connectivity index (χ2n) is 11.3. The number of unbranched alkanes of at least 4 members (excludes halogenated alkanes) is 2. The molecule has 200 valence electrons. The van der Waals surface area contributed by atoms with Crippen molar-refractivity contribution in [2.24, 2.45) is 10.8 Å². The Morgan fingerprint density at radius 1 is 0.706 bits per heavy atom. The average Bonchev–Trinajstić information content (AvgIpc) is 2.82. The van der Waals surface area contributed by atoms with E-state index in [1.54, 1.807) is 0 Å². The Kier molecular flexibility index (Phi) is 14.7. The topological polar surface area (TPSA) is 72.5 Å². The Hall–Kier alpha value is -0.140. The van der Waals surface area contributed by atoms with Crippen LogP contribution in [0.3, 0.4) is 0 Å². The van der Waals surface area contributed by atoms with E-state index in [1.807, 2.05) is 0 Å². The molecule has 2 fully saturated rings. The molecule has 2 unspecified atom stereocenters. The highest BCUT2D eigenvalue weighted by Gasteiger charge is 2.25. The summed E-state index contributed by atoms with van der Waals surface area (Å²) in [7, 11) is -2.03. The predicted octanol–water partition coefficient (Wildman–Crippen LogP) is 7.16. The Morgan fingerprint density at radius 3 is 1.53 bits per heavy atom. The Morgan fingerprint density at radius 2 is 1.15 bits per heavy atom. The monoisotopic (exact) mass is 505 g/mol. The van der Waals surface area contributed by atoms with Crippen LogP contribution in [0.25, 0.3) is 0 Å². The Bertz CT molecular complexity index is 497. The minimum absolute atomic E-state index is 0.0342. The van der Waals surface area contributed by atoms with Crippen LogP contribution in [0.5, 0.6) is 0 Å². The number of ether oxygens (including phenoxy) is 4. The second-order valence-corrected chi connectivity index (χ2v) is 12.3. The van der Waals surface area contributed by atoms with Gasteiger partial charge in [-0.3, -0.25) is 0 Å². The molecule has 0 saturated carbocycles. The number of hydrogen-bond donors (Lipinski definition) is 0. The van der Waals surface area contributed by atoms with Gasteiger partial charge >= 0.3 is 8.25 Å². The van der Waals surface area contributed by atoms with Gasteiger partial charge in [0.15, 0.2) is 12.6 Å². The van der Waals surface area contributed by atoms with E-state index in [1.165, 1.54) is 12.8 Å². The lowest BCUT2D eigenvalue weighted by molar-refractivity contribution is -0.176. The molecule has 2 aliphatic heterocycles. The first kappa shape index (κ1) is 30.1. The van der Waals surface area contributed by atoms with E-state index in [0.29, 0.717) is 26.4 Å². The Balaban J connectivity index is 1.41. The molecule has 0 amide bonds. The first-order valence-corrected chi connectivity index (χ1v) is 14.5. The fourth-order valence-electron chi connectivity index (χ4n) is 4.19. The summed E-state index contributed by atoms with van der Waals surface area (Å²) in [5.74, 6) is 0. The standard InChI is InChI=1S/C26H50O7P/c1-25(2,21-30-23-13-5-9-17-28-23)15-7-11-19-32-34(27)33-20-12-8-16-26(3,4)22-31-24-14-6-10-18-29-24/h23-24H,5-22H2,1-4H3/q+1. The summed E-state index contributed by atoms with van der Waals surface area (Å²) >= 11 is 0. The SMILES string of the molecule is CC(C)(CCCCO[P+](=O)OCCCCC(C)(C)COC1CCCCO1)COC1CCCCO1. The highest BCUT2D eigenvalue weighted by atomic mass is 31.1. The highest BCUT2D eigenvalue weighted by Crippen LogP contribution is 2.29. The maximum absolute atomic E-state index is 12.0. The smallest absolute Gasteiger partial charge is 0.353 e. The average molecular weight is 506 g/mol. The van der Waals surface area contributed by atoms with Crippen LogP contribution in [0, 0.1) is 10.8 Å². The molecule has 2 heterocycles. The molecule has 2 atom stereocenters. The van der Waals surface area contributed by atoms with E-state index in [-0.39, 0.29) is 23.4 Å². The zero-order chi connectivity index (χ0) is 24.7. The van der Waals surface area contributed by atoms with Crippen molar-refractivity contribution in [3.05, 3.63) is 0 Å². The molecule has 7 nitrogen and oxygen atoms in total. The van der Waals surface area contributed by atoms with Crippen LogP contribution in [-0.4, -0.2) is 52.2 Å². The lowest BCUT2D eigenvalue weighted by Crippen LogP contribution is -2.28. The summed E-state index contributed by atoms with van der Waals surface area (Å²) < 4.78 is 45.8. The minimum Gasteiger partial charge on any atom is -0.353 e. The second kappa shape index (κ2) is 16.6. The molecule has 0 aromatic heterocycles. The van der Waals surface area contributed by atoms with Gasteiger partial charge in [0.25, 0.3) is 0 Å². The van der Waals surface area contributed by atoms with Crippen molar-refractivity contribution in [2.75, 3.05) is 39.6 Å². The molecule has 2 saturated heterocycles. The first-order chi connectivity index (χ1) is 16.3. The van der Waals surface area contributed by atoms with Crippen LogP contribution < -0.4 is 0 Å². The van der Waals surface area contributed by atoms with Crippen LogP contribution in [0.4, 0.5) is 0 Å². The molecule has 2 aliphatic rings. The molecule has 0 radical (unpaired) electrons. The molecule has 0 N–H and O–H groups in total. The third kappa shape index (κ3) is 14.4. The fourth-order valence-corrected chi connectivity index (χ4v) is 4.82. The molecule has 8 heteroatoms. The molecule has 34 heavy (non-hydrogen) atoms. The summed E-state index contributed by atoms with van der Waals surface area (Å²) in [6, 6.07) is 0. The van der Waals surface area contributed by atoms with Gasteiger partial charge in [0.05, 0.1) is 13.2 Å². The van der Waals surface area contributed by atoms with E-state index in [2.05, 4.69) is 27.7 Å². The minimum atomic E-state index is -2.03. The van der Waals surface area contributed by atoms with E-state index in [9.17, 15) is 4.57 Å². The van der Waals surface area contributed by atoms with Crippen LogP contribution in [0.2, 0.25) is 0 Å². The summed E-state index contributed by atoms with van der Waals surface area (Å²) in [4.78, 5) is 0. The molecular formula is C26H50O7P+. The van der Waals surface area contributed by atoms with Gasteiger partial charge in [-0.2, -0.15) is 0 Å². The first-order valence-electron chi connectivity index (χ1n) is 13.5. The maximum Gasteiger partial charge on any atom is 0.697 e. The molecule has 0 aromatic carbocycles. The third-order valence-electron chi connectivity index (χ3n) is 6.48. The van der Waals surface area contributed by atoms with Crippen LogP contribution in [0.15, 0.2) is 0 Å². The Labute approximate surface area is 208 Å². The van der Waals surface area contributed by atoms with Crippen molar-refractivity contribution in [3.8, 4) is 0 Å². The summed E-state index contributed by atoms with van der Waals surface area (Å²) in [6.45, 7) is 12.8. The van der Waals surface area contributed by atoms with Crippen molar-refractivity contribution >= 4 is 8.25 Å². The number of hydrogen-bond acceptors (Lipinski definition) is 7. The van der Waals surface area contributed by atoms with Gasteiger partial charge in [0.2, 0.25) is 0 Å². The lowest BCUT2D eigenvalue weighted by atomic mass is 9.88. The maximum atomic E-state index is 12.0. The van der Waals surface area contributed by atoms with Crippen LogP contribution >= 0.6 is 8.25 Å². The molecular weight excluding hydrogens is 455 g/mol. The summed E-state index contributed by atoms with van der Waals surface area (Å²) in [5.41, 5.74) is 0.198. The van der Waals surface area contributed by atoms with Crippen molar-refractivity contribution in [1.29, 1.82) is 0 Å². The van der Waals surface area contributed by atoms with E-state index >= 15 is 0 Å².